The summed E-state index contributed by atoms with van der Waals surface area (Å²) in [6.07, 6.45) is 1.68. The van der Waals surface area contributed by atoms with Crippen molar-refractivity contribution in [2.75, 3.05) is 0 Å². The minimum absolute atomic E-state index is 0.0624. The lowest BCUT2D eigenvalue weighted by atomic mass is 10.1. The molecule has 33 heavy (non-hydrogen) atoms. The summed E-state index contributed by atoms with van der Waals surface area (Å²) in [5, 5.41) is 9.57. The Kier molecular flexibility index (Phi) is 7.19. The van der Waals surface area contributed by atoms with Crippen LogP contribution in [-0.2, 0) is 17.9 Å². The van der Waals surface area contributed by atoms with Gasteiger partial charge >= 0.3 is 0 Å². The van der Waals surface area contributed by atoms with Crippen molar-refractivity contribution in [2.45, 2.75) is 13.2 Å². The van der Waals surface area contributed by atoms with E-state index >= 15 is 0 Å². The van der Waals surface area contributed by atoms with Crippen LogP contribution in [0.25, 0.3) is 6.08 Å². The van der Waals surface area contributed by atoms with E-state index in [1.165, 1.54) is 0 Å². The molecule has 0 radical (unpaired) electrons. The maximum atomic E-state index is 12.8. The number of nitrogens with zero attached hydrogens (tertiary/aromatic N) is 2. The molecule has 8 heteroatoms. The van der Waals surface area contributed by atoms with Gasteiger partial charge in [0.05, 0.1) is 27.6 Å². The van der Waals surface area contributed by atoms with Crippen molar-refractivity contribution in [1.29, 1.82) is 5.26 Å². The van der Waals surface area contributed by atoms with Crippen molar-refractivity contribution < 1.29 is 14.3 Å². The zero-order chi connectivity index (χ0) is 23.4. The fraction of sp³-hybridized carbons (Fsp3) is 0.0800. The highest BCUT2D eigenvalue weighted by Crippen LogP contribution is 2.35. The Labute approximate surface area is 208 Å². The number of benzene rings is 3. The van der Waals surface area contributed by atoms with Crippen LogP contribution >= 0.6 is 39.3 Å². The second-order valence-electron chi connectivity index (χ2n) is 7.14. The summed E-state index contributed by atoms with van der Waals surface area (Å²) in [5.74, 6) is 0.278. The van der Waals surface area contributed by atoms with Gasteiger partial charge in [-0.25, -0.2) is 0 Å². The predicted molar refractivity (Wildman–Crippen MR) is 133 cm³/mol. The first-order valence-electron chi connectivity index (χ1n) is 9.85. The largest absolute Gasteiger partial charge is 0.488 e. The summed E-state index contributed by atoms with van der Waals surface area (Å²) < 4.78 is 6.59. The molecular weight excluding hydrogens is 524 g/mol. The van der Waals surface area contributed by atoms with E-state index in [1.807, 2.05) is 36.4 Å². The molecule has 0 bridgehead atoms. The number of ether oxygens (including phenoxy) is 1. The van der Waals surface area contributed by atoms with Crippen LogP contribution < -0.4 is 4.74 Å². The summed E-state index contributed by atoms with van der Waals surface area (Å²) in [5.41, 5.74) is 2.82. The number of halogens is 2. The van der Waals surface area contributed by atoms with E-state index in [4.69, 9.17) is 16.3 Å². The molecule has 1 saturated heterocycles. The quantitative estimate of drug-likeness (QED) is 0.323. The van der Waals surface area contributed by atoms with Crippen molar-refractivity contribution in [3.63, 3.8) is 0 Å². The number of imide groups is 1. The van der Waals surface area contributed by atoms with E-state index in [-0.39, 0.29) is 17.7 Å². The maximum Gasteiger partial charge on any atom is 0.293 e. The molecular formula is C25H16BrClN2O3S. The van der Waals surface area contributed by atoms with Crippen LogP contribution in [0, 0.1) is 11.3 Å². The number of thioether (sulfide) groups is 1. The van der Waals surface area contributed by atoms with Crippen molar-refractivity contribution in [2.24, 2.45) is 0 Å². The molecule has 5 nitrogen and oxygen atoms in total. The Morgan fingerprint density at radius 2 is 1.85 bits per heavy atom. The number of amides is 2. The third-order valence-electron chi connectivity index (χ3n) is 4.90. The molecule has 0 aliphatic carbocycles. The van der Waals surface area contributed by atoms with Crippen molar-refractivity contribution in [3.05, 3.63) is 103 Å². The molecule has 4 rings (SSSR count). The van der Waals surface area contributed by atoms with Crippen LogP contribution in [0.15, 0.2) is 76.1 Å². The van der Waals surface area contributed by atoms with Gasteiger partial charge in [-0.3, -0.25) is 14.5 Å². The fourth-order valence-electron chi connectivity index (χ4n) is 3.19. The maximum absolute atomic E-state index is 12.8. The van der Waals surface area contributed by atoms with Crippen LogP contribution in [0.2, 0.25) is 5.02 Å². The topological polar surface area (TPSA) is 70.4 Å². The van der Waals surface area contributed by atoms with E-state index in [0.717, 1.165) is 32.3 Å². The molecule has 164 valence electrons. The highest BCUT2D eigenvalue weighted by Gasteiger charge is 2.35. The standard InChI is InChI=1S/C25H16BrClN2O3S/c26-21-11-17(7-10-22(21)32-15-16-5-8-20(27)9-6-16)12-23-24(30)29(25(31)33-23)14-19-4-2-1-3-18(19)13-28/h1-12H,14-15H2/b23-12+. The van der Waals surface area contributed by atoms with E-state index in [2.05, 4.69) is 22.0 Å². The minimum atomic E-state index is -0.378. The first-order valence-corrected chi connectivity index (χ1v) is 11.8. The Morgan fingerprint density at radius 1 is 1.09 bits per heavy atom. The molecule has 1 fully saturated rings. The van der Waals surface area contributed by atoms with E-state index in [1.54, 1.807) is 36.4 Å². The van der Waals surface area contributed by atoms with E-state index < -0.39 is 0 Å². The summed E-state index contributed by atoms with van der Waals surface area (Å²) in [6.45, 7) is 0.449. The van der Waals surface area contributed by atoms with Gasteiger partial charge in [0.1, 0.15) is 12.4 Å². The monoisotopic (exact) mass is 538 g/mol. The molecule has 0 atom stereocenters. The molecule has 1 heterocycles. The second-order valence-corrected chi connectivity index (χ2v) is 9.43. The first-order chi connectivity index (χ1) is 15.9. The molecule has 2 amide bonds. The Balaban J connectivity index is 1.46. The number of carbonyl (C=O) groups is 2. The fourth-order valence-corrected chi connectivity index (χ4v) is 4.67. The smallest absolute Gasteiger partial charge is 0.293 e. The third-order valence-corrected chi connectivity index (χ3v) is 6.68. The Morgan fingerprint density at radius 3 is 2.58 bits per heavy atom. The van der Waals surface area contributed by atoms with Gasteiger partial charge in [-0.15, -0.1) is 0 Å². The van der Waals surface area contributed by atoms with E-state index in [9.17, 15) is 14.9 Å². The summed E-state index contributed by atoms with van der Waals surface area (Å²) in [6, 6.07) is 21.9. The number of hydrogen-bond acceptors (Lipinski definition) is 5. The molecule has 0 spiro atoms. The second kappa shape index (κ2) is 10.3. The van der Waals surface area contributed by atoms with Crippen LogP contribution in [0.5, 0.6) is 5.75 Å². The Hall–Kier alpha value is -3.05. The highest BCUT2D eigenvalue weighted by molar-refractivity contribution is 9.10. The van der Waals surface area contributed by atoms with Crippen LogP contribution in [0.1, 0.15) is 22.3 Å². The predicted octanol–water partition coefficient (Wildman–Crippen LogP) is 6.79. The zero-order valence-corrected chi connectivity index (χ0v) is 20.3. The van der Waals surface area contributed by atoms with Gasteiger partial charge in [0, 0.05) is 5.02 Å². The summed E-state index contributed by atoms with van der Waals surface area (Å²) in [4.78, 5) is 26.8. The van der Waals surface area contributed by atoms with Crippen molar-refractivity contribution in [1.82, 2.24) is 4.90 Å². The summed E-state index contributed by atoms with van der Waals surface area (Å²) in [7, 11) is 0. The van der Waals surface area contributed by atoms with Gasteiger partial charge in [0.25, 0.3) is 11.1 Å². The molecule has 0 unspecified atom stereocenters. The number of rotatable bonds is 6. The Bertz CT molecular complexity index is 1300. The van der Waals surface area contributed by atoms with Crippen LogP contribution in [-0.4, -0.2) is 16.0 Å². The number of hydrogen-bond donors (Lipinski definition) is 0. The lowest BCUT2D eigenvalue weighted by molar-refractivity contribution is -0.123. The van der Waals surface area contributed by atoms with Gasteiger partial charge in [0.2, 0.25) is 0 Å². The number of carbonyl (C=O) groups excluding carboxylic acids is 2. The van der Waals surface area contributed by atoms with Crippen molar-refractivity contribution >= 4 is 56.5 Å². The minimum Gasteiger partial charge on any atom is -0.488 e. The molecule has 0 aromatic heterocycles. The average Bonchev–Trinajstić information content (AvgIpc) is 3.07. The third kappa shape index (κ3) is 5.48. The molecule has 1 aliphatic rings. The SMILES string of the molecule is N#Cc1ccccc1CN1C(=O)S/C(=C/c2ccc(OCc3ccc(Cl)cc3)c(Br)c2)C1=O. The highest BCUT2D eigenvalue weighted by atomic mass is 79.9. The summed E-state index contributed by atoms with van der Waals surface area (Å²) >= 11 is 10.3. The van der Waals surface area contributed by atoms with Gasteiger partial charge in [-0.1, -0.05) is 48.0 Å². The first kappa shape index (κ1) is 23.1. The molecule has 0 N–H and O–H groups in total. The lowest BCUT2D eigenvalue weighted by Gasteiger charge is -2.13. The van der Waals surface area contributed by atoms with Gasteiger partial charge in [0.15, 0.2) is 0 Å². The molecule has 1 aliphatic heterocycles. The lowest BCUT2D eigenvalue weighted by Crippen LogP contribution is -2.27. The van der Waals surface area contributed by atoms with Gasteiger partial charge in [-0.2, -0.15) is 5.26 Å². The zero-order valence-electron chi connectivity index (χ0n) is 17.1. The normalized spacial score (nSPS) is 14.6. The number of nitriles is 1. The average molecular weight is 540 g/mol. The van der Waals surface area contributed by atoms with Crippen LogP contribution in [0.4, 0.5) is 4.79 Å². The van der Waals surface area contributed by atoms with E-state index in [0.29, 0.717) is 33.4 Å². The molecule has 3 aromatic carbocycles. The molecule has 3 aromatic rings. The van der Waals surface area contributed by atoms with Crippen molar-refractivity contribution in [3.8, 4) is 11.8 Å². The van der Waals surface area contributed by atoms with Gasteiger partial charge in [-0.05, 0) is 80.8 Å². The van der Waals surface area contributed by atoms with Crippen LogP contribution in [0.3, 0.4) is 0 Å². The van der Waals surface area contributed by atoms with Gasteiger partial charge < -0.3 is 4.74 Å². The molecule has 0 saturated carbocycles.